The maximum Gasteiger partial charge on any atom is 0.416 e. The Morgan fingerprint density at radius 1 is 1.15 bits per heavy atom. The molecule has 2 aromatic rings. The predicted molar refractivity (Wildman–Crippen MR) is 91.0 cm³/mol. The number of carbonyl (C=O) groups excluding carboxylic acids is 1. The molecule has 26 heavy (non-hydrogen) atoms. The first-order chi connectivity index (χ1) is 12.4. The second kappa shape index (κ2) is 7.37. The van der Waals surface area contributed by atoms with E-state index >= 15 is 0 Å². The van der Waals surface area contributed by atoms with Gasteiger partial charge in [0.15, 0.2) is 0 Å². The van der Waals surface area contributed by atoms with Crippen molar-refractivity contribution in [3.05, 3.63) is 59.7 Å². The fourth-order valence-electron chi connectivity index (χ4n) is 2.96. The van der Waals surface area contributed by atoms with Crippen molar-refractivity contribution in [3.63, 3.8) is 0 Å². The Labute approximate surface area is 149 Å². The number of likely N-dealkylation sites (tertiary alicyclic amines) is 1. The zero-order valence-electron chi connectivity index (χ0n) is 14.0. The molecule has 2 aromatic carbocycles. The summed E-state index contributed by atoms with van der Waals surface area (Å²) < 4.78 is 43.9. The minimum absolute atomic E-state index is 0.0637. The van der Waals surface area contributed by atoms with Crippen LogP contribution in [0.5, 0.6) is 11.5 Å². The average Bonchev–Trinajstić information content (AvgIpc) is 3.10. The number of amides is 1. The molecule has 1 saturated heterocycles. The number of alkyl halides is 3. The minimum Gasteiger partial charge on any atom is -0.457 e. The maximum atomic E-state index is 12.8. The molecule has 0 bridgehead atoms. The van der Waals surface area contributed by atoms with Crippen molar-refractivity contribution in [2.45, 2.75) is 12.6 Å². The lowest BCUT2D eigenvalue weighted by Gasteiger charge is -2.17. The van der Waals surface area contributed by atoms with Gasteiger partial charge in [0.05, 0.1) is 5.56 Å². The smallest absolute Gasteiger partial charge is 0.416 e. The topological polar surface area (TPSA) is 55.6 Å². The van der Waals surface area contributed by atoms with E-state index in [9.17, 15) is 18.0 Å². The quantitative estimate of drug-likeness (QED) is 0.895. The molecule has 0 aliphatic carbocycles. The molecule has 1 amide bonds. The molecule has 2 N–H and O–H groups in total. The number of carbonyl (C=O) groups is 1. The Balaban J connectivity index is 1.75. The number of hydrogen-bond acceptors (Lipinski definition) is 3. The molecule has 1 fully saturated rings. The van der Waals surface area contributed by atoms with Gasteiger partial charge in [0, 0.05) is 18.7 Å². The zero-order chi connectivity index (χ0) is 18.7. The lowest BCUT2D eigenvalue weighted by atomic mass is 10.1. The molecule has 0 radical (unpaired) electrons. The van der Waals surface area contributed by atoms with Crippen LogP contribution in [0.25, 0.3) is 0 Å². The molecular weight excluding hydrogens is 345 g/mol. The van der Waals surface area contributed by atoms with Crippen LogP contribution >= 0.6 is 0 Å². The highest BCUT2D eigenvalue weighted by atomic mass is 19.4. The highest BCUT2D eigenvalue weighted by molar-refractivity contribution is 5.94. The van der Waals surface area contributed by atoms with Crippen LogP contribution in [0.15, 0.2) is 48.5 Å². The summed E-state index contributed by atoms with van der Waals surface area (Å²) >= 11 is 0. The van der Waals surface area contributed by atoms with Crippen molar-refractivity contribution >= 4 is 5.91 Å². The Morgan fingerprint density at radius 3 is 2.50 bits per heavy atom. The molecule has 1 aliphatic rings. The molecule has 0 spiro atoms. The third-order valence-corrected chi connectivity index (χ3v) is 4.38. The number of hydrogen-bond donors (Lipinski definition) is 1. The summed E-state index contributed by atoms with van der Waals surface area (Å²) in [6.45, 7) is 1.82. The Morgan fingerprint density at radius 2 is 1.85 bits per heavy atom. The van der Waals surface area contributed by atoms with E-state index in [1.54, 1.807) is 29.2 Å². The lowest BCUT2D eigenvalue weighted by molar-refractivity contribution is -0.137. The summed E-state index contributed by atoms with van der Waals surface area (Å²) in [5.41, 5.74) is 5.30. The fraction of sp³-hybridized carbons (Fsp3) is 0.316. The van der Waals surface area contributed by atoms with Gasteiger partial charge in [-0.2, -0.15) is 13.2 Å². The fourth-order valence-corrected chi connectivity index (χ4v) is 2.96. The van der Waals surface area contributed by atoms with Crippen LogP contribution in [0.2, 0.25) is 0 Å². The van der Waals surface area contributed by atoms with Gasteiger partial charge in [0.1, 0.15) is 11.5 Å². The third kappa shape index (κ3) is 4.16. The third-order valence-electron chi connectivity index (χ3n) is 4.38. The molecular formula is C19H19F3N2O2. The van der Waals surface area contributed by atoms with Gasteiger partial charge < -0.3 is 15.4 Å². The predicted octanol–water partition coefficient (Wildman–Crippen LogP) is 3.92. The first-order valence-electron chi connectivity index (χ1n) is 8.31. The van der Waals surface area contributed by atoms with Crippen molar-refractivity contribution in [3.8, 4) is 11.5 Å². The second-order valence-electron chi connectivity index (χ2n) is 6.30. The van der Waals surface area contributed by atoms with Gasteiger partial charge >= 0.3 is 6.18 Å². The molecule has 4 nitrogen and oxygen atoms in total. The van der Waals surface area contributed by atoms with Crippen molar-refractivity contribution in [1.29, 1.82) is 0 Å². The summed E-state index contributed by atoms with van der Waals surface area (Å²) in [6, 6.07) is 11.1. The lowest BCUT2D eigenvalue weighted by Crippen LogP contribution is -2.29. The highest BCUT2D eigenvalue weighted by Crippen LogP contribution is 2.33. The van der Waals surface area contributed by atoms with Gasteiger partial charge in [-0.25, -0.2) is 0 Å². The Bertz CT molecular complexity index is 792. The van der Waals surface area contributed by atoms with E-state index in [1.807, 2.05) is 0 Å². The van der Waals surface area contributed by atoms with E-state index in [4.69, 9.17) is 10.5 Å². The van der Waals surface area contributed by atoms with Gasteiger partial charge in [-0.15, -0.1) is 0 Å². The Hall–Kier alpha value is -2.54. The first kappa shape index (κ1) is 18.3. The number of benzene rings is 2. The van der Waals surface area contributed by atoms with E-state index in [2.05, 4.69) is 0 Å². The van der Waals surface area contributed by atoms with Crippen LogP contribution in [0, 0.1) is 5.92 Å². The van der Waals surface area contributed by atoms with E-state index in [0.29, 0.717) is 36.9 Å². The van der Waals surface area contributed by atoms with Crippen molar-refractivity contribution in [1.82, 2.24) is 4.90 Å². The number of nitrogens with zero attached hydrogens (tertiary/aromatic N) is 1. The monoisotopic (exact) mass is 364 g/mol. The van der Waals surface area contributed by atoms with Gasteiger partial charge in [-0.3, -0.25) is 4.79 Å². The van der Waals surface area contributed by atoms with Gasteiger partial charge in [-0.05, 0) is 55.3 Å². The first-order valence-corrected chi connectivity index (χ1v) is 8.31. The number of rotatable bonds is 4. The van der Waals surface area contributed by atoms with Crippen molar-refractivity contribution in [2.75, 3.05) is 19.6 Å². The number of ether oxygens (including phenoxy) is 1. The van der Waals surface area contributed by atoms with Crippen LogP contribution < -0.4 is 10.5 Å². The number of halogens is 3. The molecule has 1 aliphatic heterocycles. The van der Waals surface area contributed by atoms with E-state index in [-0.39, 0.29) is 11.7 Å². The molecule has 0 aromatic heterocycles. The Kier molecular flexibility index (Phi) is 5.18. The average molecular weight is 364 g/mol. The van der Waals surface area contributed by atoms with E-state index in [0.717, 1.165) is 18.6 Å². The van der Waals surface area contributed by atoms with Gasteiger partial charge in [-0.1, -0.05) is 12.1 Å². The van der Waals surface area contributed by atoms with Gasteiger partial charge in [0.2, 0.25) is 0 Å². The summed E-state index contributed by atoms with van der Waals surface area (Å²) in [7, 11) is 0. The molecule has 3 rings (SSSR count). The molecule has 1 atom stereocenters. The summed E-state index contributed by atoms with van der Waals surface area (Å²) in [6.07, 6.45) is -3.56. The molecule has 1 heterocycles. The molecule has 138 valence electrons. The summed E-state index contributed by atoms with van der Waals surface area (Å²) in [5.74, 6) is 0.553. The molecule has 0 unspecified atom stereocenters. The SMILES string of the molecule is NC[C@@H]1CCN(C(=O)c2cccc(Oc3cccc(C(F)(F)F)c3)c2)C1. The molecule has 0 saturated carbocycles. The number of nitrogens with two attached hydrogens (primary N) is 1. The second-order valence-corrected chi connectivity index (χ2v) is 6.30. The standard InChI is InChI=1S/C19H19F3N2O2/c20-19(21,22)15-4-2-6-17(10-15)26-16-5-1-3-14(9-16)18(25)24-8-7-13(11-23)12-24/h1-6,9-10,13H,7-8,11-12,23H2/t13-/m0/s1. The van der Waals surface area contributed by atoms with Crippen molar-refractivity contribution < 1.29 is 22.7 Å². The van der Waals surface area contributed by atoms with Crippen LogP contribution in [0.1, 0.15) is 22.3 Å². The minimum atomic E-state index is -4.44. The van der Waals surface area contributed by atoms with Crippen LogP contribution in [0.4, 0.5) is 13.2 Å². The molecule has 7 heteroatoms. The van der Waals surface area contributed by atoms with Crippen LogP contribution in [0.3, 0.4) is 0 Å². The maximum absolute atomic E-state index is 12.8. The van der Waals surface area contributed by atoms with Crippen LogP contribution in [-0.4, -0.2) is 30.4 Å². The normalized spacial score (nSPS) is 17.4. The van der Waals surface area contributed by atoms with Gasteiger partial charge in [0.25, 0.3) is 5.91 Å². The van der Waals surface area contributed by atoms with E-state index < -0.39 is 11.7 Å². The summed E-state index contributed by atoms with van der Waals surface area (Å²) in [5, 5.41) is 0. The van der Waals surface area contributed by atoms with E-state index in [1.165, 1.54) is 12.1 Å². The van der Waals surface area contributed by atoms with Crippen LogP contribution in [-0.2, 0) is 6.18 Å². The summed E-state index contributed by atoms with van der Waals surface area (Å²) in [4.78, 5) is 14.3. The largest absolute Gasteiger partial charge is 0.457 e. The highest BCUT2D eigenvalue weighted by Gasteiger charge is 2.30. The zero-order valence-corrected chi connectivity index (χ0v) is 14.0. The van der Waals surface area contributed by atoms with Crippen molar-refractivity contribution in [2.24, 2.45) is 11.7 Å².